The SMILES string of the molecule is CCCCN(C)C(C)CC(C)(N)C(=O)O. The molecule has 15 heavy (non-hydrogen) atoms. The summed E-state index contributed by atoms with van der Waals surface area (Å²) >= 11 is 0. The molecule has 0 spiro atoms. The average molecular weight is 216 g/mol. The van der Waals surface area contributed by atoms with E-state index in [1.54, 1.807) is 6.92 Å². The van der Waals surface area contributed by atoms with E-state index in [-0.39, 0.29) is 6.04 Å². The standard InChI is InChI=1S/C11H24N2O2/c1-5-6-7-13(4)9(2)8-11(3,12)10(14)15/h9H,5-8,12H2,1-4H3,(H,14,15). The minimum Gasteiger partial charge on any atom is -0.480 e. The molecule has 0 aromatic rings. The Morgan fingerprint density at radius 1 is 1.60 bits per heavy atom. The van der Waals surface area contributed by atoms with Crippen molar-refractivity contribution in [3.05, 3.63) is 0 Å². The van der Waals surface area contributed by atoms with Gasteiger partial charge in [0.25, 0.3) is 0 Å². The number of aliphatic carboxylic acids is 1. The van der Waals surface area contributed by atoms with Crippen molar-refractivity contribution in [1.29, 1.82) is 0 Å². The molecular weight excluding hydrogens is 192 g/mol. The molecule has 2 atom stereocenters. The van der Waals surface area contributed by atoms with E-state index in [4.69, 9.17) is 10.8 Å². The van der Waals surface area contributed by atoms with E-state index < -0.39 is 11.5 Å². The molecule has 0 radical (unpaired) electrons. The first-order valence-electron chi connectivity index (χ1n) is 5.53. The number of carbonyl (C=O) groups is 1. The van der Waals surface area contributed by atoms with Gasteiger partial charge in [-0.1, -0.05) is 13.3 Å². The van der Waals surface area contributed by atoms with Crippen molar-refractivity contribution in [2.75, 3.05) is 13.6 Å². The topological polar surface area (TPSA) is 66.6 Å². The van der Waals surface area contributed by atoms with Crippen molar-refractivity contribution in [2.24, 2.45) is 5.73 Å². The Labute approximate surface area is 92.4 Å². The fraction of sp³-hybridized carbons (Fsp3) is 0.909. The zero-order valence-electron chi connectivity index (χ0n) is 10.3. The summed E-state index contributed by atoms with van der Waals surface area (Å²) in [7, 11) is 2.01. The molecule has 4 nitrogen and oxygen atoms in total. The van der Waals surface area contributed by atoms with E-state index in [2.05, 4.69) is 11.8 Å². The first-order chi connectivity index (χ1) is 6.81. The lowest BCUT2D eigenvalue weighted by Crippen LogP contribution is -2.49. The van der Waals surface area contributed by atoms with Crippen LogP contribution in [0.4, 0.5) is 0 Å². The van der Waals surface area contributed by atoms with Crippen LogP contribution in [-0.2, 0) is 4.79 Å². The second-order valence-electron chi connectivity index (χ2n) is 4.61. The van der Waals surface area contributed by atoms with E-state index in [0.717, 1.165) is 19.4 Å². The van der Waals surface area contributed by atoms with Gasteiger partial charge in [-0.3, -0.25) is 4.79 Å². The Hall–Kier alpha value is -0.610. The van der Waals surface area contributed by atoms with E-state index in [0.29, 0.717) is 6.42 Å². The van der Waals surface area contributed by atoms with Crippen LogP contribution in [0.5, 0.6) is 0 Å². The minimum absolute atomic E-state index is 0.197. The van der Waals surface area contributed by atoms with Crippen molar-refractivity contribution >= 4 is 5.97 Å². The quantitative estimate of drug-likeness (QED) is 0.673. The van der Waals surface area contributed by atoms with Gasteiger partial charge in [-0.15, -0.1) is 0 Å². The third-order valence-electron chi connectivity index (χ3n) is 2.82. The van der Waals surface area contributed by atoms with Crippen molar-refractivity contribution in [3.8, 4) is 0 Å². The van der Waals surface area contributed by atoms with Gasteiger partial charge in [0.05, 0.1) is 0 Å². The Bertz CT molecular complexity index is 205. The van der Waals surface area contributed by atoms with Crippen molar-refractivity contribution in [1.82, 2.24) is 4.90 Å². The molecule has 90 valence electrons. The molecular formula is C11H24N2O2. The van der Waals surface area contributed by atoms with Crippen LogP contribution < -0.4 is 5.73 Å². The Kier molecular flexibility index (Phi) is 5.83. The number of nitrogens with zero attached hydrogens (tertiary/aromatic N) is 1. The molecule has 0 aromatic heterocycles. The minimum atomic E-state index is -1.13. The fourth-order valence-electron chi connectivity index (χ4n) is 1.48. The smallest absolute Gasteiger partial charge is 0.323 e. The van der Waals surface area contributed by atoms with Crippen LogP contribution in [0.25, 0.3) is 0 Å². The number of carboxylic acid groups (broad SMARTS) is 1. The number of carboxylic acids is 1. The van der Waals surface area contributed by atoms with Crippen LogP contribution in [0.15, 0.2) is 0 Å². The van der Waals surface area contributed by atoms with E-state index >= 15 is 0 Å². The molecule has 0 aliphatic heterocycles. The van der Waals surface area contributed by atoms with Crippen molar-refractivity contribution < 1.29 is 9.90 Å². The number of hydrogen-bond donors (Lipinski definition) is 2. The molecule has 0 bridgehead atoms. The van der Waals surface area contributed by atoms with Crippen LogP contribution in [0, 0.1) is 0 Å². The lowest BCUT2D eigenvalue weighted by Gasteiger charge is -2.30. The van der Waals surface area contributed by atoms with Crippen LogP contribution in [0.1, 0.15) is 40.0 Å². The summed E-state index contributed by atoms with van der Waals surface area (Å²) in [6, 6.07) is 0.197. The molecule has 0 heterocycles. The molecule has 2 unspecified atom stereocenters. The highest BCUT2D eigenvalue weighted by molar-refractivity contribution is 5.77. The average Bonchev–Trinajstić information content (AvgIpc) is 2.13. The molecule has 0 fully saturated rings. The van der Waals surface area contributed by atoms with E-state index in [9.17, 15) is 4.79 Å². The zero-order chi connectivity index (χ0) is 12.1. The van der Waals surface area contributed by atoms with E-state index in [1.807, 2.05) is 14.0 Å². The predicted molar refractivity (Wildman–Crippen MR) is 61.8 cm³/mol. The lowest BCUT2D eigenvalue weighted by atomic mass is 9.94. The third-order valence-corrected chi connectivity index (χ3v) is 2.82. The summed E-state index contributed by atoms with van der Waals surface area (Å²) in [6.07, 6.45) is 2.76. The zero-order valence-corrected chi connectivity index (χ0v) is 10.3. The maximum atomic E-state index is 10.8. The summed E-state index contributed by atoms with van der Waals surface area (Å²) < 4.78 is 0. The highest BCUT2D eigenvalue weighted by Crippen LogP contribution is 2.13. The van der Waals surface area contributed by atoms with Gasteiger partial charge in [-0.2, -0.15) is 0 Å². The Morgan fingerprint density at radius 3 is 2.53 bits per heavy atom. The van der Waals surface area contributed by atoms with Crippen LogP contribution in [0.2, 0.25) is 0 Å². The van der Waals surface area contributed by atoms with Crippen LogP contribution in [0.3, 0.4) is 0 Å². The van der Waals surface area contributed by atoms with Gasteiger partial charge in [0.2, 0.25) is 0 Å². The van der Waals surface area contributed by atoms with Gasteiger partial charge in [0, 0.05) is 6.04 Å². The molecule has 3 N–H and O–H groups in total. The highest BCUT2D eigenvalue weighted by atomic mass is 16.4. The molecule has 4 heteroatoms. The molecule has 0 amide bonds. The van der Waals surface area contributed by atoms with Crippen LogP contribution >= 0.6 is 0 Å². The maximum Gasteiger partial charge on any atom is 0.323 e. The molecule has 0 saturated carbocycles. The number of nitrogens with two attached hydrogens (primary N) is 1. The molecule has 0 aromatic carbocycles. The van der Waals surface area contributed by atoms with Gasteiger partial charge < -0.3 is 15.7 Å². The van der Waals surface area contributed by atoms with E-state index in [1.165, 1.54) is 0 Å². The van der Waals surface area contributed by atoms with Gasteiger partial charge >= 0.3 is 5.97 Å². The largest absolute Gasteiger partial charge is 0.480 e. The summed E-state index contributed by atoms with van der Waals surface area (Å²) in [5, 5.41) is 8.90. The van der Waals surface area contributed by atoms with Gasteiger partial charge in [-0.05, 0) is 40.3 Å². The normalized spacial score (nSPS) is 17.5. The van der Waals surface area contributed by atoms with Gasteiger partial charge in [0.15, 0.2) is 0 Å². The van der Waals surface area contributed by atoms with Crippen molar-refractivity contribution in [2.45, 2.75) is 51.6 Å². The Morgan fingerprint density at radius 2 is 2.13 bits per heavy atom. The summed E-state index contributed by atoms with van der Waals surface area (Å²) in [5.41, 5.74) is 4.58. The third kappa shape index (κ3) is 5.14. The monoisotopic (exact) mass is 216 g/mol. The maximum absolute atomic E-state index is 10.8. The number of hydrogen-bond acceptors (Lipinski definition) is 3. The first-order valence-corrected chi connectivity index (χ1v) is 5.53. The summed E-state index contributed by atoms with van der Waals surface area (Å²) in [4.78, 5) is 13.0. The predicted octanol–water partition coefficient (Wildman–Crippen LogP) is 1.30. The Balaban J connectivity index is 4.11. The number of rotatable bonds is 7. The van der Waals surface area contributed by atoms with Crippen molar-refractivity contribution in [3.63, 3.8) is 0 Å². The summed E-state index contributed by atoms with van der Waals surface area (Å²) in [6.45, 7) is 6.72. The lowest BCUT2D eigenvalue weighted by molar-refractivity contribution is -0.143. The van der Waals surface area contributed by atoms with Gasteiger partial charge in [-0.25, -0.2) is 0 Å². The second kappa shape index (κ2) is 6.08. The molecule has 0 rings (SSSR count). The molecule has 0 aliphatic carbocycles. The fourth-order valence-corrected chi connectivity index (χ4v) is 1.48. The molecule has 0 aliphatic rings. The first kappa shape index (κ1) is 14.4. The summed E-state index contributed by atoms with van der Waals surface area (Å²) in [5.74, 6) is -0.932. The highest BCUT2D eigenvalue weighted by Gasteiger charge is 2.30. The second-order valence-corrected chi connectivity index (χ2v) is 4.61. The molecule has 0 saturated heterocycles. The van der Waals surface area contributed by atoms with Crippen LogP contribution in [-0.4, -0.2) is 41.1 Å². The van der Waals surface area contributed by atoms with Gasteiger partial charge in [0.1, 0.15) is 5.54 Å². The number of unbranched alkanes of at least 4 members (excludes halogenated alkanes) is 1.